The number of carbonyl (C=O) groups is 1. The molecule has 4 heteroatoms. The quantitative estimate of drug-likeness (QED) is 0.853. The lowest BCUT2D eigenvalue weighted by atomic mass is 9.98. The molecule has 0 saturated carbocycles. The predicted octanol–water partition coefficient (Wildman–Crippen LogP) is 2.62. The van der Waals surface area contributed by atoms with Crippen molar-refractivity contribution in [3.05, 3.63) is 53.0 Å². The number of hydrogen-bond acceptors (Lipinski definition) is 3. The van der Waals surface area contributed by atoms with Crippen molar-refractivity contribution in [2.75, 3.05) is 12.3 Å². The fourth-order valence-electron chi connectivity index (χ4n) is 2.65. The third-order valence-electron chi connectivity index (χ3n) is 3.81. The van der Waals surface area contributed by atoms with Crippen molar-refractivity contribution in [2.45, 2.75) is 26.3 Å². The molecule has 0 saturated heterocycles. The number of nitrogens with two attached hydrogens (primary N) is 1. The summed E-state index contributed by atoms with van der Waals surface area (Å²) in [6.07, 6.45) is 1.60. The zero-order valence-corrected chi connectivity index (χ0v) is 11.6. The Kier molecular flexibility index (Phi) is 3.22. The minimum atomic E-state index is -0.0437. The number of carbonyl (C=O) groups excluding carboxylic acids is 1. The van der Waals surface area contributed by atoms with E-state index in [0.29, 0.717) is 18.8 Å². The van der Waals surface area contributed by atoms with Crippen LogP contribution in [0.5, 0.6) is 0 Å². The minimum absolute atomic E-state index is 0.0437. The first kappa shape index (κ1) is 12.8. The molecule has 1 amide bonds. The molecule has 0 aliphatic carbocycles. The van der Waals surface area contributed by atoms with E-state index in [1.807, 2.05) is 36.1 Å². The number of nitrogens with zero attached hydrogens (tertiary/aromatic N) is 1. The number of rotatable bonds is 2. The molecule has 4 nitrogen and oxygen atoms in total. The van der Waals surface area contributed by atoms with Gasteiger partial charge in [0.05, 0.1) is 0 Å². The summed E-state index contributed by atoms with van der Waals surface area (Å²) in [4.78, 5) is 14.2. The number of nitrogen functional groups attached to an aromatic ring is 1. The third kappa shape index (κ3) is 2.18. The highest BCUT2D eigenvalue weighted by Gasteiger charge is 2.24. The lowest BCUT2D eigenvalue weighted by molar-refractivity contribution is 0.0701. The van der Waals surface area contributed by atoms with Gasteiger partial charge in [-0.1, -0.05) is 19.1 Å². The van der Waals surface area contributed by atoms with Crippen LogP contribution >= 0.6 is 0 Å². The third-order valence-corrected chi connectivity index (χ3v) is 3.81. The van der Waals surface area contributed by atoms with Crippen LogP contribution in [0.4, 0.5) is 5.69 Å². The summed E-state index contributed by atoms with van der Waals surface area (Å²) >= 11 is 0. The van der Waals surface area contributed by atoms with Crippen molar-refractivity contribution in [1.29, 1.82) is 0 Å². The molecule has 1 aromatic carbocycles. The highest BCUT2D eigenvalue weighted by Crippen LogP contribution is 2.25. The molecule has 1 aliphatic heterocycles. The molecule has 20 heavy (non-hydrogen) atoms. The molecule has 0 fully saturated rings. The van der Waals surface area contributed by atoms with Gasteiger partial charge in [0.25, 0.3) is 5.91 Å². The van der Waals surface area contributed by atoms with Gasteiger partial charge < -0.3 is 15.1 Å². The van der Waals surface area contributed by atoms with Gasteiger partial charge in [-0.2, -0.15) is 0 Å². The second kappa shape index (κ2) is 5.04. The SMILES string of the molecule is CCc1ccc(C(=O)N2CCc3c(N)cccc3C2)o1. The van der Waals surface area contributed by atoms with Gasteiger partial charge in [0.2, 0.25) is 0 Å². The van der Waals surface area contributed by atoms with Crippen LogP contribution < -0.4 is 5.73 Å². The number of hydrogen-bond donors (Lipinski definition) is 1. The van der Waals surface area contributed by atoms with Gasteiger partial charge in [0.15, 0.2) is 5.76 Å². The van der Waals surface area contributed by atoms with Crippen LogP contribution in [-0.4, -0.2) is 17.4 Å². The van der Waals surface area contributed by atoms with Crippen molar-refractivity contribution in [3.8, 4) is 0 Å². The Morgan fingerprint density at radius 3 is 2.95 bits per heavy atom. The second-order valence-corrected chi connectivity index (χ2v) is 5.08. The Balaban J connectivity index is 1.81. The first-order chi connectivity index (χ1) is 9.69. The summed E-state index contributed by atoms with van der Waals surface area (Å²) in [6.45, 7) is 3.29. The van der Waals surface area contributed by atoms with Crippen molar-refractivity contribution in [1.82, 2.24) is 4.90 Å². The van der Waals surface area contributed by atoms with E-state index >= 15 is 0 Å². The zero-order chi connectivity index (χ0) is 14.1. The molecule has 0 atom stereocenters. The fourth-order valence-corrected chi connectivity index (χ4v) is 2.65. The first-order valence-electron chi connectivity index (χ1n) is 6.93. The summed E-state index contributed by atoms with van der Waals surface area (Å²) in [5, 5.41) is 0. The minimum Gasteiger partial charge on any atom is -0.456 e. The van der Waals surface area contributed by atoms with E-state index in [1.165, 1.54) is 5.56 Å². The number of aryl methyl sites for hydroxylation is 1. The maximum atomic E-state index is 12.4. The molecule has 0 bridgehead atoms. The van der Waals surface area contributed by atoms with Crippen LogP contribution in [0.1, 0.15) is 34.4 Å². The Labute approximate surface area is 118 Å². The van der Waals surface area contributed by atoms with E-state index in [4.69, 9.17) is 10.2 Å². The maximum absolute atomic E-state index is 12.4. The zero-order valence-electron chi connectivity index (χ0n) is 11.6. The molecule has 0 unspecified atom stereocenters. The fraction of sp³-hybridized carbons (Fsp3) is 0.312. The van der Waals surface area contributed by atoms with Crippen LogP contribution in [-0.2, 0) is 19.4 Å². The van der Waals surface area contributed by atoms with Crippen molar-refractivity contribution < 1.29 is 9.21 Å². The van der Waals surface area contributed by atoms with E-state index in [1.54, 1.807) is 6.07 Å². The van der Waals surface area contributed by atoms with Crippen molar-refractivity contribution >= 4 is 11.6 Å². The number of anilines is 1. The molecule has 0 spiro atoms. The van der Waals surface area contributed by atoms with E-state index in [0.717, 1.165) is 29.9 Å². The van der Waals surface area contributed by atoms with Gasteiger partial charge in [-0.3, -0.25) is 4.79 Å². The maximum Gasteiger partial charge on any atom is 0.289 e. The first-order valence-corrected chi connectivity index (χ1v) is 6.93. The van der Waals surface area contributed by atoms with Crippen LogP contribution in [0.25, 0.3) is 0 Å². The van der Waals surface area contributed by atoms with Gasteiger partial charge in [0.1, 0.15) is 5.76 Å². The van der Waals surface area contributed by atoms with Gasteiger partial charge in [-0.05, 0) is 35.7 Å². The molecule has 0 radical (unpaired) electrons. The summed E-state index contributed by atoms with van der Waals surface area (Å²) in [5.41, 5.74) is 9.10. The normalized spacial score (nSPS) is 14.2. The van der Waals surface area contributed by atoms with Crippen LogP contribution in [0.15, 0.2) is 34.7 Å². The Bertz CT molecular complexity index is 646. The molecule has 2 heterocycles. The largest absolute Gasteiger partial charge is 0.456 e. The molecular weight excluding hydrogens is 252 g/mol. The highest BCUT2D eigenvalue weighted by atomic mass is 16.4. The summed E-state index contributed by atoms with van der Waals surface area (Å²) in [6, 6.07) is 9.50. The average molecular weight is 270 g/mol. The van der Waals surface area contributed by atoms with E-state index < -0.39 is 0 Å². The van der Waals surface area contributed by atoms with Gasteiger partial charge in [-0.15, -0.1) is 0 Å². The Morgan fingerprint density at radius 2 is 2.20 bits per heavy atom. The molecule has 3 rings (SSSR count). The predicted molar refractivity (Wildman–Crippen MR) is 77.4 cm³/mol. The number of amides is 1. The summed E-state index contributed by atoms with van der Waals surface area (Å²) < 4.78 is 5.54. The molecule has 104 valence electrons. The Hall–Kier alpha value is -2.23. The van der Waals surface area contributed by atoms with Crippen LogP contribution in [0.3, 0.4) is 0 Å². The summed E-state index contributed by atoms with van der Waals surface area (Å²) in [7, 11) is 0. The van der Waals surface area contributed by atoms with Crippen LogP contribution in [0, 0.1) is 0 Å². The molecule has 2 N–H and O–H groups in total. The lowest BCUT2D eigenvalue weighted by Gasteiger charge is -2.28. The number of benzene rings is 1. The molecular formula is C16H18N2O2. The highest BCUT2D eigenvalue weighted by molar-refractivity contribution is 5.91. The van der Waals surface area contributed by atoms with E-state index in [2.05, 4.69) is 0 Å². The average Bonchev–Trinajstić information content (AvgIpc) is 2.95. The van der Waals surface area contributed by atoms with Gasteiger partial charge in [0, 0.05) is 25.2 Å². The van der Waals surface area contributed by atoms with E-state index in [-0.39, 0.29) is 5.91 Å². The Morgan fingerprint density at radius 1 is 1.35 bits per heavy atom. The van der Waals surface area contributed by atoms with Crippen molar-refractivity contribution in [2.24, 2.45) is 0 Å². The number of fused-ring (bicyclic) bond motifs is 1. The van der Waals surface area contributed by atoms with E-state index in [9.17, 15) is 4.79 Å². The topological polar surface area (TPSA) is 59.5 Å². The lowest BCUT2D eigenvalue weighted by Crippen LogP contribution is -2.36. The standard InChI is InChI=1S/C16H18N2O2/c1-2-12-6-7-15(20-12)16(19)18-9-8-13-11(10-18)4-3-5-14(13)17/h3-7H,2,8-10,17H2,1H3. The smallest absolute Gasteiger partial charge is 0.289 e. The summed E-state index contributed by atoms with van der Waals surface area (Å²) in [5.74, 6) is 1.22. The monoisotopic (exact) mass is 270 g/mol. The molecule has 2 aromatic rings. The van der Waals surface area contributed by atoms with Crippen molar-refractivity contribution in [3.63, 3.8) is 0 Å². The van der Waals surface area contributed by atoms with Crippen LogP contribution in [0.2, 0.25) is 0 Å². The van der Waals surface area contributed by atoms with Gasteiger partial charge in [-0.25, -0.2) is 0 Å². The molecule has 1 aromatic heterocycles. The van der Waals surface area contributed by atoms with Gasteiger partial charge >= 0.3 is 0 Å². The number of furan rings is 1. The second-order valence-electron chi connectivity index (χ2n) is 5.08. The molecule has 1 aliphatic rings.